The van der Waals surface area contributed by atoms with E-state index in [2.05, 4.69) is 0 Å². The van der Waals surface area contributed by atoms with Gasteiger partial charge in [-0.2, -0.15) is 0 Å². The van der Waals surface area contributed by atoms with E-state index in [1.54, 1.807) is 6.08 Å². The average molecular weight is 152 g/mol. The lowest BCUT2D eigenvalue weighted by molar-refractivity contribution is -0.117. The maximum Gasteiger partial charge on any atom is 0.158 e. The van der Waals surface area contributed by atoms with Gasteiger partial charge in [0, 0.05) is 5.92 Å². The second-order valence-electron chi connectivity index (χ2n) is 2.95. The molecule has 1 heteroatoms. The molecule has 0 amide bonds. The van der Waals surface area contributed by atoms with Crippen molar-refractivity contribution in [3.63, 3.8) is 0 Å². The topological polar surface area (TPSA) is 17.1 Å². The van der Waals surface area contributed by atoms with Crippen molar-refractivity contribution in [2.75, 3.05) is 0 Å². The van der Waals surface area contributed by atoms with Gasteiger partial charge < -0.3 is 0 Å². The smallest absolute Gasteiger partial charge is 0.158 e. The second-order valence-corrected chi connectivity index (χ2v) is 2.95. The lowest BCUT2D eigenvalue weighted by Gasteiger charge is -1.97. The Bertz CT molecular complexity index is 185. The predicted molar refractivity (Wildman–Crippen MR) is 48.4 cm³/mol. The van der Waals surface area contributed by atoms with E-state index in [9.17, 15) is 4.79 Å². The Labute approximate surface area is 68.8 Å². The zero-order valence-corrected chi connectivity index (χ0v) is 7.72. The summed E-state index contributed by atoms with van der Waals surface area (Å²) in [4.78, 5) is 11.1. The Morgan fingerprint density at radius 2 is 1.91 bits per heavy atom. The molecule has 0 aromatic heterocycles. The molecular weight excluding hydrogens is 136 g/mol. The third kappa shape index (κ3) is 4.54. The van der Waals surface area contributed by atoms with Crippen molar-refractivity contribution in [1.29, 1.82) is 0 Å². The second kappa shape index (κ2) is 4.89. The van der Waals surface area contributed by atoms with Crippen LogP contribution in [0, 0.1) is 5.92 Å². The van der Waals surface area contributed by atoms with Crippen LogP contribution in [-0.4, -0.2) is 5.78 Å². The minimum atomic E-state index is 0.107. The van der Waals surface area contributed by atoms with Gasteiger partial charge >= 0.3 is 0 Å². The van der Waals surface area contributed by atoms with Crippen LogP contribution in [0.25, 0.3) is 0 Å². The fraction of sp³-hybridized carbons (Fsp3) is 0.500. The summed E-state index contributed by atoms with van der Waals surface area (Å²) >= 11 is 0. The molecule has 0 aliphatic carbocycles. The van der Waals surface area contributed by atoms with Gasteiger partial charge in [-0.3, -0.25) is 4.79 Å². The van der Waals surface area contributed by atoms with Crippen LogP contribution in [0.4, 0.5) is 0 Å². The summed E-state index contributed by atoms with van der Waals surface area (Å²) < 4.78 is 0. The van der Waals surface area contributed by atoms with E-state index in [4.69, 9.17) is 0 Å². The Kier molecular flexibility index (Phi) is 4.51. The summed E-state index contributed by atoms with van der Waals surface area (Å²) in [6, 6.07) is 0. The molecule has 0 fully saturated rings. The van der Waals surface area contributed by atoms with E-state index in [-0.39, 0.29) is 11.7 Å². The molecule has 0 unspecified atom stereocenters. The van der Waals surface area contributed by atoms with Gasteiger partial charge in [-0.15, -0.1) is 0 Å². The van der Waals surface area contributed by atoms with Crippen LogP contribution in [0.5, 0.6) is 0 Å². The van der Waals surface area contributed by atoms with E-state index in [0.717, 1.165) is 5.57 Å². The van der Waals surface area contributed by atoms with Crippen LogP contribution in [0.3, 0.4) is 0 Å². The molecule has 0 atom stereocenters. The van der Waals surface area contributed by atoms with E-state index >= 15 is 0 Å². The summed E-state index contributed by atoms with van der Waals surface area (Å²) in [5, 5.41) is 0. The molecule has 0 aromatic rings. The molecular formula is C10H16O. The SMILES string of the molecule is C/C=C/C(C)=C/C(=O)C(C)C. The molecule has 0 rings (SSSR count). The third-order valence-corrected chi connectivity index (χ3v) is 1.37. The molecule has 0 heterocycles. The molecule has 0 radical (unpaired) electrons. The monoisotopic (exact) mass is 152 g/mol. The zero-order chi connectivity index (χ0) is 8.85. The summed E-state index contributed by atoms with van der Waals surface area (Å²) in [5.74, 6) is 0.302. The van der Waals surface area contributed by atoms with Crippen molar-refractivity contribution in [1.82, 2.24) is 0 Å². The van der Waals surface area contributed by atoms with Gasteiger partial charge in [0.15, 0.2) is 5.78 Å². The maximum absolute atomic E-state index is 11.1. The van der Waals surface area contributed by atoms with E-state index < -0.39 is 0 Å². The summed E-state index contributed by atoms with van der Waals surface area (Å²) in [6.45, 7) is 7.68. The van der Waals surface area contributed by atoms with Crippen molar-refractivity contribution in [3.05, 3.63) is 23.8 Å². The molecule has 0 N–H and O–H groups in total. The normalized spacial score (nSPS) is 13.0. The van der Waals surface area contributed by atoms with Crippen LogP contribution in [0.15, 0.2) is 23.8 Å². The maximum atomic E-state index is 11.1. The highest BCUT2D eigenvalue weighted by molar-refractivity contribution is 5.92. The lowest BCUT2D eigenvalue weighted by atomic mass is 10.1. The Morgan fingerprint density at radius 3 is 2.27 bits per heavy atom. The minimum Gasteiger partial charge on any atom is -0.295 e. The first kappa shape index (κ1) is 10.2. The van der Waals surface area contributed by atoms with Gasteiger partial charge in [0.1, 0.15) is 0 Å². The Morgan fingerprint density at radius 1 is 1.36 bits per heavy atom. The van der Waals surface area contributed by atoms with Gasteiger partial charge in [-0.05, 0) is 25.5 Å². The highest BCUT2D eigenvalue weighted by atomic mass is 16.1. The summed E-state index contributed by atoms with van der Waals surface area (Å²) in [7, 11) is 0. The van der Waals surface area contributed by atoms with Crippen LogP contribution < -0.4 is 0 Å². The molecule has 0 saturated carbocycles. The van der Waals surface area contributed by atoms with Gasteiger partial charge in [-0.1, -0.05) is 26.0 Å². The molecule has 0 aromatic carbocycles. The molecule has 0 aliphatic heterocycles. The van der Waals surface area contributed by atoms with Crippen molar-refractivity contribution in [2.45, 2.75) is 27.7 Å². The lowest BCUT2D eigenvalue weighted by Crippen LogP contribution is -2.02. The third-order valence-electron chi connectivity index (χ3n) is 1.37. The number of allylic oxidation sites excluding steroid dienone is 4. The van der Waals surface area contributed by atoms with E-state index in [1.165, 1.54) is 0 Å². The largest absolute Gasteiger partial charge is 0.295 e. The molecule has 0 aliphatic rings. The average Bonchev–Trinajstić information content (AvgIpc) is 1.87. The van der Waals surface area contributed by atoms with E-state index in [0.29, 0.717) is 0 Å². The van der Waals surface area contributed by atoms with Gasteiger partial charge in [0.25, 0.3) is 0 Å². The highest BCUT2D eigenvalue weighted by Gasteiger charge is 2.01. The fourth-order valence-electron chi connectivity index (χ4n) is 0.702. The van der Waals surface area contributed by atoms with Gasteiger partial charge in [0.05, 0.1) is 0 Å². The van der Waals surface area contributed by atoms with Crippen molar-refractivity contribution >= 4 is 5.78 Å². The van der Waals surface area contributed by atoms with Crippen LogP contribution in [0.1, 0.15) is 27.7 Å². The fourth-order valence-corrected chi connectivity index (χ4v) is 0.702. The summed E-state index contributed by atoms with van der Waals surface area (Å²) in [5.41, 5.74) is 1.02. The first-order valence-electron chi connectivity index (χ1n) is 3.92. The van der Waals surface area contributed by atoms with Crippen LogP contribution in [0.2, 0.25) is 0 Å². The minimum absolute atomic E-state index is 0.107. The van der Waals surface area contributed by atoms with Crippen molar-refractivity contribution in [2.24, 2.45) is 5.92 Å². The highest BCUT2D eigenvalue weighted by Crippen LogP contribution is 2.01. The van der Waals surface area contributed by atoms with Gasteiger partial charge in [0.2, 0.25) is 0 Å². The molecule has 0 spiro atoms. The number of rotatable bonds is 3. The number of ketones is 1. The molecule has 0 bridgehead atoms. The standard InChI is InChI=1S/C10H16O/c1-5-6-9(4)7-10(11)8(2)3/h5-8H,1-4H3/b6-5+,9-7+. The molecule has 1 nitrogen and oxygen atoms in total. The van der Waals surface area contributed by atoms with Crippen LogP contribution in [-0.2, 0) is 4.79 Å². The predicted octanol–water partition coefficient (Wildman–Crippen LogP) is 2.73. The number of carbonyl (C=O) groups is 1. The Balaban J connectivity index is 4.19. The number of hydrogen-bond donors (Lipinski definition) is 0. The molecule has 62 valence electrons. The quantitative estimate of drug-likeness (QED) is 0.449. The molecule has 11 heavy (non-hydrogen) atoms. The van der Waals surface area contributed by atoms with Gasteiger partial charge in [-0.25, -0.2) is 0 Å². The van der Waals surface area contributed by atoms with E-state index in [1.807, 2.05) is 39.8 Å². The zero-order valence-electron chi connectivity index (χ0n) is 7.72. The first-order valence-corrected chi connectivity index (χ1v) is 3.92. The van der Waals surface area contributed by atoms with Crippen LogP contribution >= 0.6 is 0 Å². The first-order chi connectivity index (χ1) is 5.07. The summed E-state index contributed by atoms with van der Waals surface area (Å²) in [6.07, 6.45) is 5.55. The van der Waals surface area contributed by atoms with Crippen molar-refractivity contribution < 1.29 is 4.79 Å². The Hall–Kier alpha value is -0.850. The van der Waals surface area contributed by atoms with Crippen molar-refractivity contribution in [3.8, 4) is 0 Å². The number of carbonyl (C=O) groups excluding carboxylic acids is 1. The number of hydrogen-bond acceptors (Lipinski definition) is 1. The molecule has 0 saturated heterocycles.